The normalized spacial score (nSPS) is 14.3. The van der Waals surface area contributed by atoms with Crippen molar-refractivity contribution in [3.63, 3.8) is 0 Å². The molecule has 0 amide bonds. The first-order chi connectivity index (χ1) is 13.1. The van der Waals surface area contributed by atoms with Gasteiger partial charge in [0, 0.05) is 12.0 Å². The molecule has 0 radical (unpaired) electrons. The minimum Gasteiger partial charge on any atom is -0.550 e. The van der Waals surface area contributed by atoms with Crippen LogP contribution in [0.1, 0.15) is 59.3 Å². The molecule has 0 aliphatic heterocycles. The Kier molecular flexibility index (Phi) is 8.30. The van der Waals surface area contributed by atoms with Crippen LogP contribution in [-0.4, -0.2) is 25.6 Å². The average Bonchev–Trinajstić information content (AvgIpc) is 2.60. The van der Waals surface area contributed by atoms with E-state index >= 15 is 0 Å². The Morgan fingerprint density at radius 1 is 0.926 bits per heavy atom. The van der Waals surface area contributed by atoms with E-state index in [4.69, 9.17) is 0 Å². The molecule has 0 spiro atoms. The molecule has 0 bridgehead atoms. The summed E-state index contributed by atoms with van der Waals surface area (Å²) in [5.74, 6) is -0.980. The van der Waals surface area contributed by atoms with Gasteiger partial charge in [0.2, 0.25) is 0 Å². The number of hydrogen-bond acceptors (Lipinski definition) is 2. The number of rotatable bonds is 8. The molecule has 3 nitrogen and oxygen atoms in total. The number of fused-ring (bicyclic) bond motifs is 1. The number of quaternary nitrogens is 1. The van der Waals surface area contributed by atoms with Gasteiger partial charge in [-0.1, -0.05) is 51.5 Å². The highest BCUT2D eigenvalue weighted by atomic mass is 16.4. The molecule has 3 heteroatoms. The summed E-state index contributed by atoms with van der Waals surface area (Å²) in [7, 11) is 0. The highest BCUT2D eigenvalue weighted by molar-refractivity contribution is 5.85. The van der Waals surface area contributed by atoms with Crippen LogP contribution in [0.4, 0.5) is 5.69 Å². The third-order valence-corrected chi connectivity index (χ3v) is 5.67. The van der Waals surface area contributed by atoms with Crippen molar-refractivity contribution in [3.05, 3.63) is 42.5 Å². The minimum absolute atomic E-state index is 0.111. The summed E-state index contributed by atoms with van der Waals surface area (Å²) in [5, 5.41) is 12.6. The zero-order valence-corrected chi connectivity index (χ0v) is 17.2. The fourth-order valence-corrected chi connectivity index (χ4v) is 4.12. The lowest BCUT2D eigenvalue weighted by atomic mass is 9.86. The lowest BCUT2D eigenvalue weighted by Crippen LogP contribution is -2.51. The lowest BCUT2D eigenvalue weighted by Gasteiger charge is -2.38. The van der Waals surface area contributed by atoms with Crippen molar-refractivity contribution < 1.29 is 9.90 Å². The minimum atomic E-state index is -0.869. The summed E-state index contributed by atoms with van der Waals surface area (Å²) in [6.07, 6.45) is 6.47. The molecule has 1 aliphatic carbocycles. The summed E-state index contributed by atoms with van der Waals surface area (Å²) in [6, 6.07) is 15.7. The first-order valence-corrected chi connectivity index (χ1v) is 10.6. The Hall–Kier alpha value is -1.87. The van der Waals surface area contributed by atoms with Crippen LogP contribution >= 0.6 is 0 Å². The second-order valence-corrected chi connectivity index (χ2v) is 7.79. The molecule has 0 unspecified atom stereocenters. The van der Waals surface area contributed by atoms with E-state index in [9.17, 15) is 9.90 Å². The van der Waals surface area contributed by atoms with Crippen molar-refractivity contribution in [1.29, 1.82) is 0 Å². The van der Waals surface area contributed by atoms with Crippen LogP contribution in [0.3, 0.4) is 0 Å². The predicted molar refractivity (Wildman–Crippen MR) is 114 cm³/mol. The van der Waals surface area contributed by atoms with E-state index in [1.807, 2.05) is 0 Å². The number of benzene rings is 2. The van der Waals surface area contributed by atoms with E-state index in [0.29, 0.717) is 0 Å². The maximum absolute atomic E-state index is 9.87. The van der Waals surface area contributed by atoms with Gasteiger partial charge >= 0.3 is 0 Å². The van der Waals surface area contributed by atoms with E-state index < -0.39 is 5.97 Å². The van der Waals surface area contributed by atoms with Crippen LogP contribution in [0.15, 0.2) is 42.5 Å². The molecule has 148 valence electrons. The number of nitrogens with zero attached hydrogens (tertiary/aromatic N) is 1. The van der Waals surface area contributed by atoms with Crippen molar-refractivity contribution in [2.45, 2.75) is 59.3 Å². The van der Waals surface area contributed by atoms with Crippen LogP contribution in [0, 0.1) is 5.92 Å². The summed E-state index contributed by atoms with van der Waals surface area (Å²) in [6.45, 7) is 10.7. The Morgan fingerprint density at radius 2 is 1.48 bits per heavy atom. The Morgan fingerprint density at radius 3 is 1.89 bits per heavy atom. The molecule has 0 heterocycles. The van der Waals surface area contributed by atoms with Gasteiger partial charge in [0.05, 0.1) is 19.6 Å². The SMILES string of the molecule is CCC[N+](CCC)(CCC)c1ccc2ccccc2c1.O=C([O-])C1CCC1. The molecule has 0 atom stereocenters. The predicted octanol–water partition coefficient (Wildman–Crippen LogP) is 4.91. The summed E-state index contributed by atoms with van der Waals surface area (Å²) in [4.78, 5) is 9.87. The Labute approximate surface area is 164 Å². The fourth-order valence-electron chi connectivity index (χ4n) is 4.12. The molecule has 2 aromatic rings. The quantitative estimate of drug-likeness (QED) is 0.620. The molecule has 0 saturated heterocycles. The molecule has 1 saturated carbocycles. The number of aliphatic carboxylic acids is 1. The van der Waals surface area contributed by atoms with Gasteiger partial charge in [-0.2, -0.15) is 0 Å². The van der Waals surface area contributed by atoms with Crippen LogP contribution in [0.2, 0.25) is 0 Å². The van der Waals surface area contributed by atoms with Crippen LogP contribution < -0.4 is 9.59 Å². The average molecular weight is 370 g/mol. The maximum Gasteiger partial charge on any atom is 0.133 e. The molecular weight excluding hydrogens is 334 g/mol. The van der Waals surface area contributed by atoms with Crippen molar-refractivity contribution in [2.75, 3.05) is 19.6 Å². The summed E-state index contributed by atoms with van der Waals surface area (Å²) in [5.41, 5.74) is 1.49. The zero-order valence-electron chi connectivity index (χ0n) is 17.2. The molecule has 1 fully saturated rings. The van der Waals surface area contributed by atoms with E-state index in [2.05, 4.69) is 63.2 Å². The van der Waals surface area contributed by atoms with Crippen LogP contribution in [0.25, 0.3) is 10.8 Å². The third kappa shape index (κ3) is 5.55. The Balaban J connectivity index is 0.000000313. The number of carboxylic acids is 1. The molecule has 1 aliphatic rings. The number of carbonyl (C=O) groups is 1. The van der Waals surface area contributed by atoms with Crippen molar-refractivity contribution >= 4 is 22.4 Å². The summed E-state index contributed by atoms with van der Waals surface area (Å²) >= 11 is 0. The fraction of sp³-hybridized carbons (Fsp3) is 0.542. The molecule has 0 aromatic heterocycles. The van der Waals surface area contributed by atoms with Gasteiger partial charge in [-0.3, -0.25) is 4.48 Å². The maximum atomic E-state index is 9.87. The van der Waals surface area contributed by atoms with E-state index in [1.54, 1.807) is 0 Å². The van der Waals surface area contributed by atoms with E-state index in [-0.39, 0.29) is 5.92 Å². The second-order valence-electron chi connectivity index (χ2n) is 7.79. The van der Waals surface area contributed by atoms with Gasteiger partial charge in [-0.15, -0.1) is 0 Å². The Bertz CT molecular complexity index is 704. The highest BCUT2D eigenvalue weighted by Crippen LogP contribution is 2.29. The molecule has 2 aromatic carbocycles. The van der Waals surface area contributed by atoms with Gasteiger partial charge in [-0.05, 0) is 60.9 Å². The number of hydrogen-bond donors (Lipinski definition) is 0. The second kappa shape index (κ2) is 10.5. The lowest BCUT2D eigenvalue weighted by molar-refractivity contribution is -0.314. The molecular formula is C24H35NO2. The van der Waals surface area contributed by atoms with Crippen LogP contribution in [-0.2, 0) is 4.79 Å². The van der Waals surface area contributed by atoms with E-state index in [1.165, 1.54) is 55.4 Å². The van der Waals surface area contributed by atoms with Gasteiger partial charge in [0.25, 0.3) is 0 Å². The zero-order chi connectivity index (χ0) is 19.7. The van der Waals surface area contributed by atoms with Gasteiger partial charge < -0.3 is 9.90 Å². The molecule has 3 rings (SSSR count). The standard InChI is InChI=1S/C19H28N.C5H8O2/c1-4-13-20(14-5-2,15-6-3)19-12-11-17-9-7-8-10-18(17)16-19;6-5(7)4-2-1-3-4/h7-12,16H,4-6,13-15H2,1-3H3;4H,1-3H2,(H,6,7)/q+1;/p-1. The topological polar surface area (TPSA) is 40.1 Å². The smallest absolute Gasteiger partial charge is 0.133 e. The first kappa shape index (κ1) is 21.4. The third-order valence-electron chi connectivity index (χ3n) is 5.67. The number of carboxylic acid groups (broad SMARTS) is 1. The van der Waals surface area contributed by atoms with Gasteiger partial charge in [0.15, 0.2) is 0 Å². The first-order valence-electron chi connectivity index (χ1n) is 10.6. The monoisotopic (exact) mass is 369 g/mol. The van der Waals surface area contributed by atoms with Crippen molar-refractivity contribution in [2.24, 2.45) is 5.92 Å². The number of carbonyl (C=O) groups excluding carboxylic acids is 1. The van der Waals surface area contributed by atoms with Crippen molar-refractivity contribution in [3.8, 4) is 0 Å². The van der Waals surface area contributed by atoms with Gasteiger partial charge in [-0.25, -0.2) is 0 Å². The van der Waals surface area contributed by atoms with E-state index in [0.717, 1.165) is 23.7 Å². The highest BCUT2D eigenvalue weighted by Gasteiger charge is 2.27. The molecule has 0 N–H and O–H groups in total. The molecule has 27 heavy (non-hydrogen) atoms. The van der Waals surface area contributed by atoms with Gasteiger partial charge in [0.1, 0.15) is 5.69 Å². The summed E-state index contributed by atoms with van der Waals surface area (Å²) < 4.78 is 1.15. The van der Waals surface area contributed by atoms with Crippen LogP contribution in [0.5, 0.6) is 0 Å². The van der Waals surface area contributed by atoms with Crippen molar-refractivity contribution in [1.82, 2.24) is 4.48 Å². The largest absolute Gasteiger partial charge is 0.550 e.